The first kappa shape index (κ1) is 35.0. The molecule has 2 atom stereocenters. The number of fused-ring (bicyclic) bond motifs is 1. The van der Waals surface area contributed by atoms with Gasteiger partial charge in [0.05, 0.1) is 23.0 Å². The summed E-state index contributed by atoms with van der Waals surface area (Å²) in [4.78, 5) is 14.0. The molecule has 1 aromatic heterocycles. The maximum absolute atomic E-state index is 14.3. The number of nitrogens with zero attached hydrogens (tertiary/aromatic N) is 2. The summed E-state index contributed by atoms with van der Waals surface area (Å²) in [7, 11) is -4.12. The molecular formula is C42H48N2O3SSi. The first-order chi connectivity index (χ1) is 23.4. The van der Waals surface area contributed by atoms with E-state index >= 15 is 0 Å². The van der Waals surface area contributed by atoms with E-state index in [-0.39, 0.29) is 16.6 Å². The zero-order valence-corrected chi connectivity index (χ0v) is 31.4. The molecule has 0 saturated carbocycles. The van der Waals surface area contributed by atoms with Gasteiger partial charge in [0.25, 0.3) is 13.9 Å². The van der Waals surface area contributed by atoms with Crippen molar-refractivity contribution in [1.82, 2.24) is 8.87 Å². The highest BCUT2D eigenvalue weighted by Gasteiger charge is 2.50. The molecular weight excluding hydrogens is 641 g/mol. The summed E-state index contributed by atoms with van der Waals surface area (Å²) in [6.07, 6.45) is 0.628. The predicted molar refractivity (Wildman–Crippen MR) is 206 cm³/mol. The molecule has 7 heteroatoms. The van der Waals surface area contributed by atoms with Crippen LogP contribution >= 0.6 is 0 Å². The van der Waals surface area contributed by atoms with Crippen molar-refractivity contribution in [2.45, 2.75) is 76.9 Å². The van der Waals surface area contributed by atoms with E-state index in [0.717, 1.165) is 27.9 Å². The number of hydrogen-bond donors (Lipinski definition) is 0. The van der Waals surface area contributed by atoms with Gasteiger partial charge >= 0.3 is 0 Å². The molecule has 0 spiro atoms. The van der Waals surface area contributed by atoms with E-state index in [4.69, 9.17) is 4.43 Å². The summed E-state index contributed by atoms with van der Waals surface area (Å²) in [6.45, 7) is 14.3. The molecule has 0 bridgehead atoms. The Balaban J connectivity index is 1.49. The van der Waals surface area contributed by atoms with Crippen molar-refractivity contribution in [3.05, 3.63) is 154 Å². The van der Waals surface area contributed by atoms with Crippen LogP contribution < -0.4 is 15.9 Å². The average molecular weight is 689 g/mol. The summed E-state index contributed by atoms with van der Waals surface area (Å²) in [5.41, 5.74) is 4.91. The fourth-order valence-electron chi connectivity index (χ4n) is 7.37. The first-order valence-electron chi connectivity index (χ1n) is 17.2. The summed E-state index contributed by atoms with van der Waals surface area (Å²) < 4.78 is 25.3. The van der Waals surface area contributed by atoms with Crippen molar-refractivity contribution < 1.29 is 8.63 Å². The summed E-state index contributed by atoms with van der Waals surface area (Å²) in [6, 6.07) is 43.3. The molecule has 0 fully saturated rings. The topological polar surface area (TPSA) is 51.5 Å². The van der Waals surface area contributed by atoms with Crippen LogP contribution in [0.15, 0.2) is 132 Å². The van der Waals surface area contributed by atoms with Crippen molar-refractivity contribution in [1.29, 1.82) is 0 Å². The lowest BCUT2D eigenvalue weighted by molar-refractivity contribution is 0.244. The molecule has 1 aliphatic rings. The minimum absolute atomic E-state index is 0.0489. The fourth-order valence-corrected chi connectivity index (χ4v) is 13.3. The third kappa shape index (κ3) is 6.95. The maximum Gasteiger partial charge on any atom is 0.261 e. The highest BCUT2D eigenvalue weighted by Crippen LogP contribution is 2.45. The smallest absolute Gasteiger partial charge is 0.261 e. The lowest BCUT2D eigenvalue weighted by Crippen LogP contribution is -2.66. The van der Waals surface area contributed by atoms with Crippen LogP contribution in [0, 0.1) is 0 Å². The van der Waals surface area contributed by atoms with E-state index < -0.39 is 24.1 Å². The Bertz CT molecular complexity index is 1910. The molecule has 49 heavy (non-hydrogen) atoms. The van der Waals surface area contributed by atoms with Gasteiger partial charge in [-0.05, 0) is 64.9 Å². The van der Waals surface area contributed by atoms with Gasteiger partial charge in [-0.3, -0.25) is 4.79 Å². The first-order valence-corrected chi connectivity index (χ1v) is 20.2. The molecule has 4 aromatic carbocycles. The number of pyridine rings is 1. The van der Waals surface area contributed by atoms with Gasteiger partial charge in [0.2, 0.25) is 0 Å². The number of rotatable bonds is 10. The maximum atomic E-state index is 14.3. The van der Waals surface area contributed by atoms with E-state index in [1.165, 1.54) is 10.4 Å². The van der Waals surface area contributed by atoms with Crippen molar-refractivity contribution in [2.24, 2.45) is 0 Å². The summed E-state index contributed by atoms with van der Waals surface area (Å²) >= 11 is 0. The van der Waals surface area contributed by atoms with Crippen LogP contribution in [0.1, 0.15) is 70.7 Å². The van der Waals surface area contributed by atoms with E-state index in [1.807, 2.05) is 61.7 Å². The standard InChI is InChI=1S/C42H48N2O3SSi/c1-41(2,3)48(46)44-31-34-29-38(45)43(30-32-19-11-7-12-20-32)40(33-21-13-8-14-22-33)39(34)37(44)27-28-47-49(42(4,5)6,35-23-15-9-16-24-35)36-25-17-10-18-26-36/h7-26,29,37H,27-28,30-31H2,1-6H3/t37-,48-/m1/s1. The van der Waals surface area contributed by atoms with Gasteiger partial charge in [-0.2, -0.15) is 0 Å². The molecule has 5 nitrogen and oxygen atoms in total. The quantitative estimate of drug-likeness (QED) is 0.141. The van der Waals surface area contributed by atoms with E-state index in [2.05, 4.69) is 110 Å². The Morgan fingerprint density at radius 3 is 1.78 bits per heavy atom. The summed E-state index contributed by atoms with van der Waals surface area (Å²) in [5.74, 6) is 0. The van der Waals surface area contributed by atoms with Crippen LogP contribution in [0.2, 0.25) is 5.04 Å². The van der Waals surface area contributed by atoms with Crippen LogP contribution in [-0.2, 0) is 28.5 Å². The Labute approximate surface area is 295 Å². The lowest BCUT2D eigenvalue weighted by Gasteiger charge is -2.43. The molecule has 1 aliphatic heterocycles. The van der Waals surface area contributed by atoms with Gasteiger partial charge in [0.1, 0.15) is 11.0 Å². The Morgan fingerprint density at radius 2 is 1.27 bits per heavy atom. The summed E-state index contributed by atoms with van der Waals surface area (Å²) in [5, 5.41) is 2.30. The third-order valence-corrected chi connectivity index (χ3v) is 16.4. The van der Waals surface area contributed by atoms with Crippen LogP contribution in [0.5, 0.6) is 0 Å². The van der Waals surface area contributed by atoms with Gasteiger partial charge in [0.15, 0.2) is 0 Å². The van der Waals surface area contributed by atoms with E-state index in [1.54, 1.807) is 6.07 Å². The highest BCUT2D eigenvalue weighted by molar-refractivity contribution is 7.84. The third-order valence-electron chi connectivity index (χ3n) is 9.54. The second kappa shape index (κ2) is 14.2. The fraction of sp³-hybridized carbons (Fsp3) is 0.310. The Hall–Kier alpha value is -3.88. The van der Waals surface area contributed by atoms with Crippen molar-refractivity contribution in [3.63, 3.8) is 0 Å². The Morgan fingerprint density at radius 1 is 0.755 bits per heavy atom. The molecule has 2 heterocycles. The van der Waals surface area contributed by atoms with Gasteiger partial charge < -0.3 is 8.99 Å². The van der Waals surface area contributed by atoms with Crippen LogP contribution in [0.4, 0.5) is 0 Å². The molecule has 0 saturated heterocycles. The molecule has 0 radical (unpaired) electrons. The highest BCUT2D eigenvalue weighted by atomic mass is 32.2. The van der Waals surface area contributed by atoms with Crippen LogP contribution in [0.3, 0.4) is 0 Å². The number of benzene rings is 4. The minimum atomic E-state index is -2.80. The normalized spacial score (nSPS) is 16.0. The molecule has 0 aliphatic carbocycles. The Kier molecular flexibility index (Phi) is 10.1. The second-order valence-corrected chi connectivity index (χ2v) is 21.5. The lowest BCUT2D eigenvalue weighted by atomic mass is 9.96. The number of hydrogen-bond acceptors (Lipinski definition) is 3. The van der Waals surface area contributed by atoms with Gasteiger partial charge in [-0.1, -0.05) is 142 Å². The molecule has 5 aromatic rings. The van der Waals surface area contributed by atoms with Crippen molar-refractivity contribution in [2.75, 3.05) is 6.61 Å². The molecule has 0 unspecified atom stereocenters. The van der Waals surface area contributed by atoms with Crippen molar-refractivity contribution in [3.8, 4) is 11.3 Å². The largest absolute Gasteiger partial charge is 0.407 e. The van der Waals surface area contributed by atoms with Crippen LogP contribution in [-0.4, -0.2) is 32.8 Å². The zero-order chi connectivity index (χ0) is 34.8. The molecule has 6 rings (SSSR count). The SMILES string of the molecule is CC(C)(C)[S@@](=O)N1Cc2cc(=O)n(Cc3ccccc3)c(-c3ccccc3)c2[C@H]1CCO[Si](c1ccccc1)(c1ccccc1)C(C)(C)C. The van der Waals surface area contributed by atoms with Crippen LogP contribution in [0.25, 0.3) is 11.3 Å². The average Bonchev–Trinajstić information content (AvgIpc) is 3.44. The van der Waals surface area contributed by atoms with E-state index in [0.29, 0.717) is 26.1 Å². The molecule has 254 valence electrons. The predicted octanol–water partition coefficient (Wildman–Crippen LogP) is 7.85. The monoisotopic (exact) mass is 688 g/mol. The zero-order valence-electron chi connectivity index (χ0n) is 29.6. The van der Waals surface area contributed by atoms with Gasteiger partial charge in [0, 0.05) is 19.2 Å². The van der Waals surface area contributed by atoms with E-state index in [9.17, 15) is 9.00 Å². The van der Waals surface area contributed by atoms with Crippen molar-refractivity contribution >= 4 is 29.7 Å². The number of aromatic nitrogens is 1. The van der Waals surface area contributed by atoms with Gasteiger partial charge in [-0.15, -0.1) is 0 Å². The molecule has 0 amide bonds. The minimum Gasteiger partial charge on any atom is -0.407 e. The second-order valence-electron chi connectivity index (χ2n) is 15.0. The van der Waals surface area contributed by atoms with Gasteiger partial charge in [-0.25, -0.2) is 8.51 Å². The molecule has 0 N–H and O–H groups in total.